The summed E-state index contributed by atoms with van der Waals surface area (Å²) in [5, 5.41) is 6.78. The molecule has 0 aliphatic carbocycles. The molecule has 1 aromatic heterocycles. The van der Waals surface area contributed by atoms with Crippen molar-refractivity contribution in [2.75, 3.05) is 39.8 Å². The molecule has 138 valence electrons. The summed E-state index contributed by atoms with van der Waals surface area (Å²) in [4.78, 5) is 11.3. The highest BCUT2D eigenvalue weighted by molar-refractivity contribution is 5.79. The van der Waals surface area contributed by atoms with E-state index in [4.69, 9.17) is 0 Å². The quantitative estimate of drug-likeness (QED) is 0.416. The van der Waals surface area contributed by atoms with Crippen molar-refractivity contribution in [1.82, 2.24) is 25.1 Å². The van der Waals surface area contributed by atoms with Gasteiger partial charge in [-0.3, -0.25) is 4.99 Å². The first-order valence-electron chi connectivity index (χ1n) is 9.28. The standard InChI is InChI=1S/C19H32N6/c1-5-24(6-2)15-13-22-19(20-4)21-12-9-14-25-16(3)23-17-10-7-8-11-18(17)25/h7-8,10-11H,5-6,9,12-15H2,1-4H3,(H2,20,21,22). The zero-order valence-corrected chi connectivity index (χ0v) is 16.0. The van der Waals surface area contributed by atoms with Crippen LogP contribution in [-0.4, -0.2) is 60.2 Å². The lowest BCUT2D eigenvalue weighted by molar-refractivity contribution is 0.308. The zero-order chi connectivity index (χ0) is 18.1. The van der Waals surface area contributed by atoms with Gasteiger partial charge in [-0.15, -0.1) is 0 Å². The van der Waals surface area contributed by atoms with Crippen LogP contribution >= 0.6 is 0 Å². The summed E-state index contributed by atoms with van der Waals surface area (Å²) in [6, 6.07) is 8.31. The molecule has 2 N–H and O–H groups in total. The number of para-hydroxylation sites is 2. The van der Waals surface area contributed by atoms with Crippen LogP contribution in [0.4, 0.5) is 0 Å². The van der Waals surface area contributed by atoms with Gasteiger partial charge in [0, 0.05) is 33.2 Å². The predicted octanol–water partition coefficient (Wildman–Crippen LogP) is 2.24. The number of nitrogens with zero attached hydrogens (tertiary/aromatic N) is 4. The molecule has 1 aromatic carbocycles. The second-order valence-corrected chi connectivity index (χ2v) is 6.11. The van der Waals surface area contributed by atoms with Crippen molar-refractivity contribution in [3.63, 3.8) is 0 Å². The molecule has 2 rings (SSSR count). The van der Waals surface area contributed by atoms with Crippen LogP contribution in [0.25, 0.3) is 11.0 Å². The molecule has 0 aliphatic heterocycles. The molecule has 0 saturated heterocycles. The summed E-state index contributed by atoms with van der Waals surface area (Å²) in [6.45, 7) is 12.4. The van der Waals surface area contributed by atoms with E-state index in [2.05, 4.69) is 69.0 Å². The van der Waals surface area contributed by atoms with E-state index in [9.17, 15) is 0 Å². The summed E-state index contributed by atoms with van der Waals surface area (Å²) in [5.41, 5.74) is 2.28. The van der Waals surface area contributed by atoms with Crippen LogP contribution in [0.1, 0.15) is 26.1 Å². The molecule has 0 atom stereocenters. The number of benzene rings is 1. The van der Waals surface area contributed by atoms with Gasteiger partial charge in [-0.25, -0.2) is 4.98 Å². The number of imidazole rings is 1. The Balaban J connectivity index is 1.74. The highest BCUT2D eigenvalue weighted by Crippen LogP contribution is 2.15. The lowest BCUT2D eigenvalue weighted by Gasteiger charge is -2.19. The first-order chi connectivity index (χ1) is 12.2. The van der Waals surface area contributed by atoms with Gasteiger partial charge in [0.15, 0.2) is 5.96 Å². The molecule has 6 nitrogen and oxygen atoms in total. The van der Waals surface area contributed by atoms with Crippen molar-refractivity contribution in [1.29, 1.82) is 0 Å². The van der Waals surface area contributed by atoms with Crippen molar-refractivity contribution < 1.29 is 0 Å². The van der Waals surface area contributed by atoms with E-state index in [1.54, 1.807) is 0 Å². The number of guanidine groups is 1. The maximum absolute atomic E-state index is 4.62. The van der Waals surface area contributed by atoms with Crippen molar-refractivity contribution in [2.24, 2.45) is 4.99 Å². The fourth-order valence-electron chi connectivity index (χ4n) is 3.02. The van der Waals surface area contributed by atoms with Gasteiger partial charge in [0.1, 0.15) is 5.82 Å². The number of nitrogens with one attached hydrogen (secondary N) is 2. The van der Waals surface area contributed by atoms with Gasteiger partial charge in [0.05, 0.1) is 11.0 Å². The third-order valence-electron chi connectivity index (χ3n) is 4.53. The molecule has 2 aromatic rings. The molecule has 6 heteroatoms. The smallest absolute Gasteiger partial charge is 0.191 e. The number of rotatable bonds is 9. The second-order valence-electron chi connectivity index (χ2n) is 6.11. The maximum Gasteiger partial charge on any atom is 0.191 e. The first kappa shape index (κ1) is 19.2. The van der Waals surface area contributed by atoms with Gasteiger partial charge in [-0.05, 0) is 38.6 Å². The molecule has 25 heavy (non-hydrogen) atoms. The monoisotopic (exact) mass is 344 g/mol. The van der Waals surface area contributed by atoms with Crippen LogP contribution in [0.3, 0.4) is 0 Å². The Morgan fingerprint density at radius 3 is 2.60 bits per heavy atom. The number of fused-ring (bicyclic) bond motifs is 1. The number of hydrogen-bond acceptors (Lipinski definition) is 3. The Bertz CT molecular complexity index is 672. The Labute approximate surface area is 151 Å². The lowest BCUT2D eigenvalue weighted by atomic mass is 10.3. The van der Waals surface area contributed by atoms with Crippen LogP contribution in [0, 0.1) is 6.92 Å². The fourth-order valence-corrected chi connectivity index (χ4v) is 3.02. The van der Waals surface area contributed by atoms with Crippen molar-refractivity contribution in [3.05, 3.63) is 30.1 Å². The van der Waals surface area contributed by atoms with Crippen molar-refractivity contribution >= 4 is 17.0 Å². The normalized spacial score (nSPS) is 12.1. The van der Waals surface area contributed by atoms with E-state index in [0.717, 1.165) is 63.0 Å². The molecule has 0 fully saturated rings. The highest BCUT2D eigenvalue weighted by Gasteiger charge is 2.06. The number of hydrogen-bond donors (Lipinski definition) is 2. The Morgan fingerprint density at radius 1 is 1.16 bits per heavy atom. The Hall–Kier alpha value is -2.08. The highest BCUT2D eigenvalue weighted by atomic mass is 15.2. The van der Waals surface area contributed by atoms with E-state index in [1.165, 1.54) is 5.52 Å². The predicted molar refractivity (Wildman–Crippen MR) is 106 cm³/mol. The maximum atomic E-state index is 4.62. The fraction of sp³-hybridized carbons (Fsp3) is 0.579. The SMILES string of the molecule is CCN(CC)CCNC(=NC)NCCCn1c(C)nc2ccccc21. The first-order valence-corrected chi connectivity index (χ1v) is 9.28. The van der Waals surface area contributed by atoms with E-state index >= 15 is 0 Å². The van der Waals surface area contributed by atoms with E-state index in [1.807, 2.05) is 13.1 Å². The van der Waals surface area contributed by atoms with Crippen LogP contribution < -0.4 is 10.6 Å². The number of aliphatic imine (C=N–C) groups is 1. The van der Waals surface area contributed by atoms with Crippen LogP contribution in [0.5, 0.6) is 0 Å². The Kier molecular flexibility index (Phi) is 7.73. The van der Waals surface area contributed by atoms with Gasteiger partial charge in [-0.1, -0.05) is 26.0 Å². The van der Waals surface area contributed by atoms with Crippen LogP contribution in [0.15, 0.2) is 29.3 Å². The number of likely N-dealkylation sites (N-methyl/N-ethyl adjacent to an activating group) is 1. The van der Waals surface area contributed by atoms with Gasteiger partial charge in [0.2, 0.25) is 0 Å². The lowest BCUT2D eigenvalue weighted by Crippen LogP contribution is -2.42. The molecule has 0 amide bonds. The topological polar surface area (TPSA) is 57.5 Å². The molecular weight excluding hydrogens is 312 g/mol. The number of aryl methyl sites for hydroxylation is 2. The summed E-state index contributed by atoms with van der Waals surface area (Å²) < 4.78 is 2.29. The van der Waals surface area contributed by atoms with E-state index in [0.29, 0.717) is 0 Å². The molecule has 0 unspecified atom stereocenters. The van der Waals surface area contributed by atoms with Gasteiger partial charge >= 0.3 is 0 Å². The molecular formula is C19H32N6. The molecule has 0 radical (unpaired) electrons. The number of aromatic nitrogens is 2. The average molecular weight is 345 g/mol. The third kappa shape index (κ3) is 5.46. The van der Waals surface area contributed by atoms with Gasteiger partial charge < -0.3 is 20.1 Å². The zero-order valence-electron chi connectivity index (χ0n) is 16.0. The van der Waals surface area contributed by atoms with Gasteiger partial charge in [0.25, 0.3) is 0 Å². The Morgan fingerprint density at radius 2 is 1.88 bits per heavy atom. The summed E-state index contributed by atoms with van der Waals surface area (Å²) >= 11 is 0. The molecule has 0 spiro atoms. The molecule has 0 aliphatic rings. The average Bonchev–Trinajstić information content (AvgIpc) is 2.96. The van der Waals surface area contributed by atoms with Crippen LogP contribution in [0.2, 0.25) is 0 Å². The minimum Gasteiger partial charge on any atom is -0.356 e. The van der Waals surface area contributed by atoms with Crippen molar-refractivity contribution in [3.8, 4) is 0 Å². The molecule has 0 bridgehead atoms. The van der Waals surface area contributed by atoms with Crippen molar-refractivity contribution in [2.45, 2.75) is 33.7 Å². The third-order valence-corrected chi connectivity index (χ3v) is 4.53. The van der Waals surface area contributed by atoms with E-state index < -0.39 is 0 Å². The largest absolute Gasteiger partial charge is 0.356 e. The minimum atomic E-state index is 0.874. The summed E-state index contributed by atoms with van der Waals surface area (Å²) in [6.07, 6.45) is 1.03. The minimum absolute atomic E-state index is 0.874. The summed E-state index contributed by atoms with van der Waals surface area (Å²) in [7, 11) is 1.82. The summed E-state index contributed by atoms with van der Waals surface area (Å²) in [5.74, 6) is 1.95. The van der Waals surface area contributed by atoms with Gasteiger partial charge in [-0.2, -0.15) is 0 Å². The van der Waals surface area contributed by atoms with Crippen LogP contribution in [-0.2, 0) is 6.54 Å². The second kappa shape index (κ2) is 10.0. The molecule has 0 saturated carbocycles. The molecule has 1 heterocycles. The van der Waals surface area contributed by atoms with E-state index in [-0.39, 0.29) is 0 Å².